The molecule has 0 aliphatic heterocycles. The number of hydrogen-bond donors (Lipinski definition) is 4. The van der Waals surface area contributed by atoms with Crippen molar-refractivity contribution in [1.82, 2.24) is 9.97 Å². The molecule has 0 amide bonds. The predicted octanol–water partition coefficient (Wildman–Crippen LogP) is 0.491. The molecule has 0 aliphatic rings. The number of hydrogen-bond acceptors (Lipinski definition) is 6. The van der Waals surface area contributed by atoms with Crippen LogP contribution in [0.1, 0.15) is 0 Å². The zero-order chi connectivity index (χ0) is 13.7. The molecule has 19 heavy (non-hydrogen) atoms. The van der Waals surface area contributed by atoms with Gasteiger partial charge in [-0.05, 0) is 24.3 Å². The first kappa shape index (κ1) is 13.3. The maximum absolute atomic E-state index is 9.31. The third kappa shape index (κ3) is 3.40. The number of nitrogen functional groups attached to an aromatic ring is 1. The van der Waals surface area contributed by atoms with Gasteiger partial charge in [-0.2, -0.15) is 0 Å². The molecular weight excluding hydrogens is 244 g/mol. The van der Waals surface area contributed by atoms with E-state index in [9.17, 15) is 5.11 Å². The Hall–Kier alpha value is -2.18. The number of nitrogens with zero attached hydrogens (tertiary/aromatic N) is 2. The van der Waals surface area contributed by atoms with Gasteiger partial charge >= 0.3 is 0 Å². The molecule has 100 valence electrons. The Morgan fingerprint density at radius 1 is 1.21 bits per heavy atom. The third-order valence-corrected chi connectivity index (χ3v) is 2.62. The molecule has 6 nitrogen and oxygen atoms in total. The first-order valence-corrected chi connectivity index (χ1v) is 5.90. The van der Waals surface area contributed by atoms with Gasteiger partial charge in [-0.15, -0.1) is 0 Å². The number of aliphatic hydroxyl groups excluding tert-OH is 2. The van der Waals surface area contributed by atoms with Gasteiger partial charge in [0.2, 0.25) is 0 Å². The Bertz CT molecular complexity index is 533. The van der Waals surface area contributed by atoms with Gasteiger partial charge in [-0.3, -0.25) is 4.98 Å². The van der Waals surface area contributed by atoms with Gasteiger partial charge in [-0.1, -0.05) is 0 Å². The Balaban J connectivity index is 2.20. The van der Waals surface area contributed by atoms with Crippen molar-refractivity contribution in [2.75, 3.05) is 24.2 Å². The third-order valence-electron chi connectivity index (χ3n) is 2.62. The highest BCUT2D eigenvalue weighted by Gasteiger charge is 2.07. The Morgan fingerprint density at radius 3 is 2.63 bits per heavy atom. The molecule has 0 saturated heterocycles. The molecule has 0 aromatic carbocycles. The average Bonchev–Trinajstić information content (AvgIpc) is 2.47. The van der Waals surface area contributed by atoms with Crippen molar-refractivity contribution in [1.29, 1.82) is 0 Å². The fraction of sp³-hybridized carbons (Fsp3) is 0.231. The lowest BCUT2D eigenvalue weighted by Crippen LogP contribution is -2.23. The second kappa shape index (κ2) is 6.12. The molecule has 1 atom stereocenters. The molecule has 0 aliphatic carbocycles. The van der Waals surface area contributed by atoms with Crippen LogP contribution in [0.5, 0.6) is 0 Å². The zero-order valence-electron chi connectivity index (χ0n) is 10.3. The summed E-state index contributed by atoms with van der Waals surface area (Å²) in [5, 5.41) is 21.0. The first-order valence-electron chi connectivity index (χ1n) is 5.90. The van der Waals surface area contributed by atoms with Crippen LogP contribution >= 0.6 is 0 Å². The van der Waals surface area contributed by atoms with Crippen molar-refractivity contribution in [2.45, 2.75) is 6.10 Å². The quantitative estimate of drug-likeness (QED) is 0.623. The molecular formula is C13H16N4O2. The summed E-state index contributed by atoms with van der Waals surface area (Å²) in [5.41, 5.74) is 8.00. The summed E-state index contributed by atoms with van der Waals surface area (Å²) in [6, 6.07) is 7.27. The number of rotatable bonds is 5. The monoisotopic (exact) mass is 260 g/mol. The fourth-order valence-corrected chi connectivity index (χ4v) is 1.57. The smallest absolute Gasteiger partial charge is 0.150 e. The van der Waals surface area contributed by atoms with E-state index in [0.29, 0.717) is 11.5 Å². The van der Waals surface area contributed by atoms with Crippen LogP contribution in [0.25, 0.3) is 11.3 Å². The van der Waals surface area contributed by atoms with Crippen molar-refractivity contribution >= 4 is 11.5 Å². The molecule has 0 saturated carbocycles. The normalized spacial score (nSPS) is 12.1. The van der Waals surface area contributed by atoms with E-state index in [1.807, 2.05) is 18.2 Å². The zero-order valence-corrected chi connectivity index (χ0v) is 10.3. The Kier molecular flexibility index (Phi) is 4.27. The fourth-order valence-electron chi connectivity index (χ4n) is 1.57. The van der Waals surface area contributed by atoms with Crippen LogP contribution in [0.3, 0.4) is 0 Å². The maximum atomic E-state index is 9.31. The van der Waals surface area contributed by atoms with Gasteiger partial charge in [0, 0.05) is 24.5 Å². The Morgan fingerprint density at radius 2 is 1.95 bits per heavy atom. The molecule has 2 heterocycles. The topological polar surface area (TPSA) is 104 Å². The van der Waals surface area contributed by atoms with Gasteiger partial charge in [0.25, 0.3) is 0 Å². The summed E-state index contributed by atoms with van der Waals surface area (Å²) in [7, 11) is 0. The van der Waals surface area contributed by atoms with Crippen molar-refractivity contribution in [2.24, 2.45) is 0 Å². The maximum Gasteiger partial charge on any atom is 0.150 e. The minimum Gasteiger partial charge on any atom is -0.396 e. The molecule has 6 heteroatoms. The van der Waals surface area contributed by atoms with E-state index in [-0.39, 0.29) is 13.2 Å². The van der Waals surface area contributed by atoms with E-state index in [1.54, 1.807) is 18.5 Å². The summed E-state index contributed by atoms with van der Waals surface area (Å²) in [4.78, 5) is 8.34. The molecule has 0 spiro atoms. The summed E-state index contributed by atoms with van der Waals surface area (Å²) >= 11 is 0. The SMILES string of the molecule is Nc1ccc(-c2ccncc2)nc1NCC(O)CO. The predicted molar refractivity (Wildman–Crippen MR) is 73.5 cm³/mol. The minimum atomic E-state index is -0.842. The van der Waals surface area contributed by atoms with E-state index in [4.69, 9.17) is 10.8 Å². The summed E-state index contributed by atoms with van der Waals surface area (Å²) < 4.78 is 0. The number of nitrogens with one attached hydrogen (secondary N) is 1. The van der Waals surface area contributed by atoms with E-state index in [0.717, 1.165) is 11.3 Å². The number of aliphatic hydroxyl groups is 2. The summed E-state index contributed by atoms with van der Waals surface area (Å²) in [5.74, 6) is 0.488. The molecule has 5 N–H and O–H groups in total. The molecule has 0 bridgehead atoms. The van der Waals surface area contributed by atoms with Crippen LogP contribution in [-0.2, 0) is 0 Å². The molecule has 0 fully saturated rings. The van der Waals surface area contributed by atoms with Crippen molar-refractivity contribution < 1.29 is 10.2 Å². The second-order valence-corrected chi connectivity index (χ2v) is 4.09. The number of aromatic nitrogens is 2. The van der Waals surface area contributed by atoms with Gasteiger partial charge in [-0.25, -0.2) is 4.98 Å². The number of pyridine rings is 2. The number of anilines is 2. The average molecular weight is 260 g/mol. The standard InChI is InChI=1S/C13H16N4O2/c14-11-1-2-12(9-3-5-15-6-4-9)17-13(11)16-7-10(19)8-18/h1-6,10,18-19H,7-8,14H2,(H,16,17). The van der Waals surface area contributed by atoms with E-state index >= 15 is 0 Å². The van der Waals surface area contributed by atoms with Crippen LogP contribution in [-0.4, -0.2) is 39.4 Å². The highest BCUT2D eigenvalue weighted by Crippen LogP contribution is 2.22. The van der Waals surface area contributed by atoms with Crippen molar-refractivity contribution in [3.05, 3.63) is 36.7 Å². The summed E-state index contributed by atoms with van der Waals surface area (Å²) in [6.07, 6.45) is 2.54. The van der Waals surface area contributed by atoms with Gasteiger partial charge < -0.3 is 21.3 Å². The summed E-state index contributed by atoms with van der Waals surface area (Å²) in [6.45, 7) is -0.121. The second-order valence-electron chi connectivity index (χ2n) is 4.09. The molecule has 1 unspecified atom stereocenters. The van der Waals surface area contributed by atoms with E-state index in [2.05, 4.69) is 15.3 Å². The highest BCUT2D eigenvalue weighted by atomic mass is 16.3. The largest absolute Gasteiger partial charge is 0.396 e. The van der Waals surface area contributed by atoms with Crippen molar-refractivity contribution in [3.63, 3.8) is 0 Å². The molecule has 2 aromatic rings. The molecule has 2 aromatic heterocycles. The van der Waals surface area contributed by atoms with Gasteiger partial charge in [0.1, 0.15) is 5.82 Å². The van der Waals surface area contributed by atoms with Crippen molar-refractivity contribution in [3.8, 4) is 11.3 Å². The van der Waals surface area contributed by atoms with Crippen LogP contribution in [0.15, 0.2) is 36.7 Å². The lowest BCUT2D eigenvalue weighted by atomic mass is 10.2. The van der Waals surface area contributed by atoms with Crippen LogP contribution in [0.2, 0.25) is 0 Å². The molecule has 2 rings (SSSR count). The Labute approximate surface area is 111 Å². The van der Waals surface area contributed by atoms with Crippen LogP contribution in [0, 0.1) is 0 Å². The highest BCUT2D eigenvalue weighted by molar-refractivity contribution is 5.68. The lowest BCUT2D eigenvalue weighted by Gasteiger charge is -2.12. The number of nitrogens with two attached hydrogens (primary N) is 1. The van der Waals surface area contributed by atoms with Gasteiger partial charge in [0.05, 0.1) is 24.1 Å². The van der Waals surface area contributed by atoms with E-state index in [1.165, 1.54) is 0 Å². The first-order chi connectivity index (χ1) is 9.20. The lowest BCUT2D eigenvalue weighted by molar-refractivity contribution is 0.105. The minimum absolute atomic E-state index is 0.188. The van der Waals surface area contributed by atoms with Crippen LogP contribution < -0.4 is 11.1 Å². The van der Waals surface area contributed by atoms with Gasteiger partial charge in [0.15, 0.2) is 0 Å². The van der Waals surface area contributed by atoms with E-state index < -0.39 is 6.10 Å². The van der Waals surface area contributed by atoms with Crippen LogP contribution in [0.4, 0.5) is 11.5 Å². The molecule has 0 radical (unpaired) electrons.